The molecule has 3 rings (SSSR count). The Morgan fingerprint density at radius 3 is 2.21 bits per heavy atom. The van der Waals surface area contributed by atoms with Gasteiger partial charge in [0.2, 0.25) is 11.8 Å². The summed E-state index contributed by atoms with van der Waals surface area (Å²) in [7, 11) is 0. The standard InChI is InChI=1S/C23H33ClN2O2/c1-23(2,15-18-9-5-6-10-20(18)24)26-22(28)17-11-13-19(14-12-17)25-21(27)16-7-3-4-8-16/h5-6,9-10,16-17,19H,3-4,7-8,11-15H2,1-2H3,(H,25,27)(H,26,28). The molecule has 0 heterocycles. The van der Waals surface area contributed by atoms with Gasteiger partial charge in [-0.25, -0.2) is 0 Å². The molecule has 2 amide bonds. The molecule has 2 saturated carbocycles. The van der Waals surface area contributed by atoms with Crippen molar-refractivity contribution in [2.45, 2.75) is 83.2 Å². The van der Waals surface area contributed by atoms with Crippen LogP contribution in [0.15, 0.2) is 24.3 Å². The Morgan fingerprint density at radius 1 is 0.964 bits per heavy atom. The summed E-state index contributed by atoms with van der Waals surface area (Å²) in [6.45, 7) is 4.09. The van der Waals surface area contributed by atoms with Crippen molar-refractivity contribution in [3.8, 4) is 0 Å². The van der Waals surface area contributed by atoms with E-state index in [9.17, 15) is 9.59 Å². The molecule has 0 aromatic heterocycles. The van der Waals surface area contributed by atoms with Crippen LogP contribution in [0, 0.1) is 11.8 Å². The number of carbonyl (C=O) groups excluding carboxylic acids is 2. The Balaban J connectivity index is 1.45. The fourth-order valence-corrected chi connectivity index (χ4v) is 4.81. The van der Waals surface area contributed by atoms with E-state index in [0.717, 1.165) is 49.1 Å². The Bertz CT molecular complexity index is 690. The number of benzene rings is 1. The molecule has 0 aliphatic heterocycles. The second-order valence-corrected chi connectivity index (χ2v) is 9.59. The van der Waals surface area contributed by atoms with Crippen LogP contribution in [0.4, 0.5) is 0 Å². The highest BCUT2D eigenvalue weighted by Gasteiger charge is 2.32. The summed E-state index contributed by atoms with van der Waals surface area (Å²) >= 11 is 6.27. The maximum absolute atomic E-state index is 12.8. The molecule has 0 saturated heterocycles. The van der Waals surface area contributed by atoms with E-state index in [1.807, 2.05) is 38.1 Å². The average Bonchev–Trinajstić information content (AvgIpc) is 3.18. The Morgan fingerprint density at radius 2 is 1.57 bits per heavy atom. The van der Waals surface area contributed by atoms with Gasteiger partial charge in [-0.3, -0.25) is 9.59 Å². The van der Waals surface area contributed by atoms with Crippen molar-refractivity contribution in [2.75, 3.05) is 0 Å². The van der Waals surface area contributed by atoms with Crippen LogP contribution in [-0.2, 0) is 16.0 Å². The summed E-state index contributed by atoms with van der Waals surface area (Å²) in [5.74, 6) is 0.598. The lowest BCUT2D eigenvalue weighted by Gasteiger charge is -2.33. The van der Waals surface area contributed by atoms with Gasteiger partial charge in [0.15, 0.2) is 0 Å². The van der Waals surface area contributed by atoms with Crippen molar-refractivity contribution in [2.24, 2.45) is 11.8 Å². The molecule has 1 aromatic carbocycles. The second-order valence-electron chi connectivity index (χ2n) is 9.18. The summed E-state index contributed by atoms with van der Waals surface area (Å²) < 4.78 is 0. The highest BCUT2D eigenvalue weighted by molar-refractivity contribution is 6.31. The Hall–Kier alpha value is -1.55. The van der Waals surface area contributed by atoms with Crippen molar-refractivity contribution >= 4 is 23.4 Å². The van der Waals surface area contributed by atoms with E-state index in [4.69, 9.17) is 11.6 Å². The molecule has 0 unspecified atom stereocenters. The molecule has 28 heavy (non-hydrogen) atoms. The first kappa shape index (κ1) is 21.2. The number of carbonyl (C=O) groups is 2. The SMILES string of the molecule is CC(C)(Cc1ccccc1Cl)NC(=O)C1CCC(NC(=O)C2CCCC2)CC1. The minimum Gasteiger partial charge on any atom is -0.353 e. The number of halogens is 1. The van der Waals surface area contributed by atoms with Crippen molar-refractivity contribution in [1.82, 2.24) is 10.6 Å². The van der Waals surface area contributed by atoms with Gasteiger partial charge in [-0.2, -0.15) is 0 Å². The monoisotopic (exact) mass is 404 g/mol. The van der Waals surface area contributed by atoms with Crippen molar-refractivity contribution < 1.29 is 9.59 Å². The third-order valence-corrected chi connectivity index (χ3v) is 6.59. The normalized spacial score (nSPS) is 23.4. The smallest absolute Gasteiger partial charge is 0.223 e. The molecule has 2 N–H and O–H groups in total. The Kier molecular flexibility index (Phi) is 7.03. The second kappa shape index (κ2) is 9.30. The van der Waals surface area contributed by atoms with Gasteiger partial charge in [0.1, 0.15) is 0 Å². The van der Waals surface area contributed by atoms with E-state index in [1.165, 1.54) is 12.8 Å². The van der Waals surface area contributed by atoms with E-state index in [-0.39, 0.29) is 35.2 Å². The third kappa shape index (κ3) is 5.73. The van der Waals surface area contributed by atoms with Gasteiger partial charge < -0.3 is 10.6 Å². The van der Waals surface area contributed by atoms with Gasteiger partial charge in [0.25, 0.3) is 0 Å². The molecule has 154 valence electrons. The lowest BCUT2D eigenvalue weighted by Crippen LogP contribution is -2.49. The van der Waals surface area contributed by atoms with Crippen LogP contribution in [0.5, 0.6) is 0 Å². The zero-order valence-electron chi connectivity index (χ0n) is 17.1. The minimum atomic E-state index is -0.352. The van der Waals surface area contributed by atoms with E-state index in [2.05, 4.69) is 10.6 Å². The first-order valence-corrected chi connectivity index (χ1v) is 11.1. The molecule has 4 nitrogen and oxygen atoms in total. The predicted molar refractivity (Wildman–Crippen MR) is 113 cm³/mol. The summed E-state index contributed by atoms with van der Waals surface area (Å²) in [6.07, 6.45) is 8.57. The van der Waals surface area contributed by atoms with E-state index >= 15 is 0 Å². The topological polar surface area (TPSA) is 58.2 Å². The molecule has 0 radical (unpaired) electrons. The summed E-state index contributed by atoms with van der Waals surface area (Å²) in [5, 5.41) is 7.18. The molecule has 2 aliphatic rings. The van der Waals surface area contributed by atoms with Crippen molar-refractivity contribution in [3.63, 3.8) is 0 Å². The van der Waals surface area contributed by atoms with Crippen LogP contribution >= 0.6 is 11.6 Å². The fourth-order valence-electron chi connectivity index (χ4n) is 4.60. The first-order valence-electron chi connectivity index (χ1n) is 10.7. The maximum atomic E-state index is 12.8. The van der Waals surface area contributed by atoms with E-state index in [0.29, 0.717) is 6.42 Å². The lowest BCUT2D eigenvalue weighted by atomic mass is 9.84. The molecular weight excluding hydrogens is 372 g/mol. The van der Waals surface area contributed by atoms with Crippen LogP contribution in [0.2, 0.25) is 5.02 Å². The van der Waals surface area contributed by atoms with Crippen LogP contribution in [-0.4, -0.2) is 23.4 Å². The van der Waals surface area contributed by atoms with Gasteiger partial charge in [0, 0.05) is 28.4 Å². The van der Waals surface area contributed by atoms with Crippen LogP contribution in [0.25, 0.3) is 0 Å². The van der Waals surface area contributed by atoms with Gasteiger partial charge >= 0.3 is 0 Å². The number of rotatable bonds is 6. The van der Waals surface area contributed by atoms with Crippen LogP contribution in [0.1, 0.15) is 70.8 Å². The summed E-state index contributed by atoms with van der Waals surface area (Å²) in [4.78, 5) is 25.1. The molecule has 5 heteroatoms. The largest absolute Gasteiger partial charge is 0.353 e. The van der Waals surface area contributed by atoms with Gasteiger partial charge in [-0.1, -0.05) is 42.6 Å². The van der Waals surface area contributed by atoms with E-state index in [1.54, 1.807) is 0 Å². The first-order chi connectivity index (χ1) is 13.3. The van der Waals surface area contributed by atoms with Gasteiger partial charge in [-0.15, -0.1) is 0 Å². The van der Waals surface area contributed by atoms with Crippen molar-refractivity contribution in [3.05, 3.63) is 34.9 Å². The minimum absolute atomic E-state index is 0.0325. The summed E-state index contributed by atoms with van der Waals surface area (Å²) in [5.41, 5.74) is 0.697. The number of nitrogens with one attached hydrogen (secondary N) is 2. The molecule has 2 fully saturated rings. The Labute approximate surface area is 173 Å². The molecule has 2 aliphatic carbocycles. The van der Waals surface area contributed by atoms with Crippen LogP contribution < -0.4 is 10.6 Å². The zero-order chi connectivity index (χ0) is 20.1. The average molecular weight is 405 g/mol. The lowest BCUT2D eigenvalue weighted by molar-refractivity contribution is -0.128. The fraction of sp³-hybridized carbons (Fsp3) is 0.652. The molecule has 0 bridgehead atoms. The molecule has 0 spiro atoms. The molecule has 0 atom stereocenters. The third-order valence-electron chi connectivity index (χ3n) is 6.22. The van der Waals surface area contributed by atoms with E-state index < -0.39 is 0 Å². The van der Waals surface area contributed by atoms with Gasteiger partial charge in [0.05, 0.1) is 0 Å². The number of amides is 2. The van der Waals surface area contributed by atoms with Crippen molar-refractivity contribution in [1.29, 1.82) is 0 Å². The highest BCUT2D eigenvalue weighted by atomic mass is 35.5. The quantitative estimate of drug-likeness (QED) is 0.725. The maximum Gasteiger partial charge on any atom is 0.223 e. The molecule has 1 aromatic rings. The zero-order valence-corrected chi connectivity index (χ0v) is 17.9. The summed E-state index contributed by atoms with van der Waals surface area (Å²) in [6, 6.07) is 8.01. The van der Waals surface area contributed by atoms with Gasteiger partial charge in [-0.05, 0) is 70.4 Å². The number of hydrogen-bond acceptors (Lipinski definition) is 2. The molecular formula is C23H33ClN2O2. The predicted octanol–water partition coefficient (Wildman–Crippen LogP) is 4.64. The number of hydrogen-bond donors (Lipinski definition) is 2. The van der Waals surface area contributed by atoms with Crippen LogP contribution in [0.3, 0.4) is 0 Å². The highest BCUT2D eigenvalue weighted by Crippen LogP contribution is 2.28.